The van der Waals surface area contributed by atoms with Gasteiger partial charge in [0, 0.05) is 12.3 Å². The van der Waals surface area contributed by atoms with Crippen molar-refractivity contribution in [2.75, 3.05) is 0 Å². The number of rotatable bonds is 7. The third-order valence-electron chi connectivity index (χ3n) is 4.69. The van der Waals surface area contributed by atoms with Crippen LogP contribution >= 0.6 is 0 Å². The number of carbonyl (C=O) groups is 2. The van der Waals surface area contributed by atoms with Crippen LogP contribution in [0.3, 0.4) is 0 Å². The maximum absolute atomic E-state index is 13.2. The van der Waals surface area contributed by atoms with Crippen LogP contribution in [0.15, 0.2) is 30.3 Å². The van der Waals surface area contributed by atoms with Gasteiger partial charge in [0.1, 0.15) is 12.0 Å². The molecule has 3 nitrogen and oxygen atoms in total. The van der Waals surface area contributed by atoms with Crippen LogP contribution in [-0.2, 0) is 20.9 Å². The highest BCUT2D eigenvalue weighted by atomic mass is 19.4. The lowest BCUT2D eigenvalue weighted by molar-refractivity contribution is -0.243. The number of esters is 1. The number of carbonyl (C=O) groups excluding carboxylic acids is 2. The molecule has 0 heterocycles. The van der Waals surface area contributed by atoms with E-state index in [1.165, 1.54) is 6.92 Å². The summed E-state index contributed by atoms with van der Waals surface area (Å²) in [5.74, 6) is -2.11. The molecule has 1 aromatic carbocycles. The molecule has 2 rings (SSSR count). The van der Waals surface area contributed by atoms with E-state index >= 15 is 0 Å². The largest absolute Gasteiger partial charge is 0.461 e. The third kappa shape index (κ3) is 3.97. The first-order valence-corrected chi connectivity index (χ1v) is 8.07. The van der Waals surface area contributed by atoms with E-state index in [2.05, 4.69) is 0 Å². The topological polar surface area (TPSA) is 43.4 Å². The number of hydrogen-bond acceptors (Lipinski definition) is 3. The number of benzene rings is 1. The average Bonchev–Trinajstić information content (AvgIpc) is 2.48. The second-order valence-electron chi connectivity index (χ2n) is 6.38. The molecule has 1 aliphatic rings. The maximum atomic E-state index is 13.2. The van der Waals surface area contributed by atoms with Crippen LogP contribution in [0.4, 0.5) is 13.2 Å². The summed E-state index contributed by atoms with van der Waals surface area (Å²) in [5, 5.41) is 0. The Morgan fingerprint density at radius 2 is 1.83 bits per heavy atom. The summed E-state index contributed by atoms with van der Waals surface area (Å²) in [6.07, 6.45) is -4.37. The minimum absolute atomic E-state index is 0.0618. The van der Waals surface area contributed by atoms with Crippen molar-refractivity contribution >= 4 is 11.8 Å². The van der Waals surface area contributed by atoms with Gasteiger partial charge in [-0.05, 0) is 24.8 Å². The zero-order valence-corrected chi connectivity index (χ0v) is 13.6. The third-order valence-corrected chi connectivity index (χ3v) is 4.69. The quantitative estimate of drug-likeness (QED) is 0.688. The van der Waals surface area contributed by atoms with Crippen LogP contribution in [0.1, 0.15) is 44.6 Å². The lowest BCUT2D eigenvalue weighted by Crippen LogP contribution is -2.52. The molecule has 1 fully saturated rings. The molecule has 1 atom stereocenters. The zero-order valence-electron chi connectivity index (χ0n) is 13.6. The fourth-order valence-electron chi connectivity index (χ4n) is 2.95. The Morgan fingerprint density at radius 3 is 2.33 bits per heavy atom. The Morgan fingerprint density at radius 1 is 1.21 bits per heavy atom. The molecule has 1 aliphatic carbocycles. The van der Waals surface area contributed by atoms with Crippen LogP contribution < -0.4 is 0 Å². The van der Waals surface area contributed by atoms with Gasteiger partial charge in [-0.25, -0.2) is 0 Å². The van der Waals surface area contributed by atoms with Gasteiger partial charge in [-0.3, -0.25) is 9.59 Å². The molecule has 0 N–H and O–H groups in total. The summed E-state index contributed by atoms with van der Waals surface area (Å²) >= 11 is 0. The highest BCUT2D eigenvalue weighted by Crippen LogP contribution is 2.55. The van der Waals surface area contributed by atoms with Gasteiger partial charge in [0.25, 0.3) is 0 Å². The lowest BCUT2D eigenvalue weighted by atomic mass is 9.62. The molecule has 0 saturated heterocycles. The summed E-state index contributed by atoms with van der Waals surface area (Å²) in [6.45, 7) is 1.58. The zero-order chi connectivity index (χ0) is 17.8. The maximum Gasteiger partial charge on any atom is 0.401 e. The molecule has 0 aromatic heterocycles. The highest BCUT2D eigenvalue weighted by molar-refractivity contribution is 5.88. The van der Waals surface area contributed by atoms with Crippen molar-refractivity contribution in [3.05, 3.63) is 35.9 Å². The Kier molecular flexibility index (Phi) is 5.67. The van der Waals surface area contributed by atoms with Crippen molar-refractivity contribution in [1.82, 2.24) is 0 Å². The molecule has 0 bridgehead atoms. The second kappa shape index (κ2) is 7.36. The molecule has 0 amide bonds. The van der Waals surface area contributed by atoms with E-state index in [0.29, 0.717) is 6.42 Å². The Labute approximate surface area is 139 Å². The van der Waals surface area contributed by atoms with E-state index in [0.717, 1.165) is 5.56 Å². The number of ketones is 1. The minimum atomic E-state index is -4.51. The number of alkyl halides is 3. The molecule has 0 radical (unpaired) electrons. The fourth-order valence-corrected chi connectivity index (χ4v) is 2.95. The van der Waals surface area contributed by atoms with Crippen LogP contribution in [-0.4, -0.2) is 17.9 Å². The standard InChI is InChI=1S/C18H21F3O3/c1-13(16(23)17(10-5-11-17)18(19,20)21)8-9-15(22)24-12-14-6-3-2-4-7-14/h2-4,6-7,13H,5,8-12H2,1H3. The van der Waals surface area contributed by atoms with Gasteiger partial charge < -0.3 is 4.74 Å². The molecule has 132 valence electrons. The summed E-state index contributed by atoms with van der Waals surface area (Å²) in [7, 11) is 0. The summed E-state index contributed by atoms with van der Waals surface area (Å²) < 4.78 is 44.6. The predicted molar refractivity (Wildman–Crippen MR) is 82.0 cm³/mol. The van der Waals surface area contributed by atoms with E-state index in [4.69, 9.17) is 4.74 Å². The van der Waals surface area contributed by atoms with Gasteiger partial charge in [-0.2, -0.15) is 13.2 Å². The molecule has 1 aromatic rings. The molecular formula is C18H21F3O3. The van der Waals surface area contributed by atoms with Crippen LogP contribution in [0.2, 0.25) is 0 Å². The van der Waals surface area contributed by atoms with Gasteiger partial charge >= 0.3 is 12.1 Å². The van der Waals surface area contributed by atoms with Crippen LogP contribution in [0.5, 0.6) is 0 Å². The molecule has 1 unspecified atom stereocenters. The number of hydrogen-bond donors (Lipinski definition) is 0. The van der Waals surface area contributed by atoms with E-state index in [1.807, 2.05) is 30.3 Å². The Balaban J connectivity index is 1.81. The van der Waals surface area contributed by atoms with E-state index in [9.17, 15) is 22.8 Å². The smallest absolute Gasteiger partial charge is 0.401 e. The summed E-state index contributed by atoms with van der Waals surface area (Å²) in [4.78, 5) is 23.9. The molecule has 6 heteroatoms. The molecule has 1 saturated carbocycles. The molecular weight excluding hydrogens is 321 g/mol. The Bertz CT molecular complexity index is 577. The van der Waals surface area contributed by atoms with Gasteiger partial charge in [0.2, 0.25) is 0 Å². The summed E-state index contributed by atoms with van der Waals surface area (Å²) in [6, 6.07) is 9.10. The monoisotopic (exact) mass is 342 g/mol. The number of Topliss-reactive ketones (excluding diaryl/α,β-unsaturated/α-hetero) is 1. The van der Waals surface area contributed by atoms with Crippen molar-refractivity contribution in [3.8, 4) is 0 Å². The number of halogens is 3. The van der Waals surface area contributed by atoms with Crippen molar-refractivity contribution < 1.29 is 27.5 Å². The molecule has 0 spiro atoms. The fraction of sp³-hybridized carbons (Fsp3) is 0.556. The Hall–Kier alpha value is -1.85. The van der Waals surface area contributed by atoms with Gasteiger partial charge in [-0.15, -0.1) is 0 Å². The first-order chi connectivity index (χ1) is 11.3. The van der Waals surface area contributed by atoms with Crippen molar-refractivity contribution in [1.29, 1.82) is 0 Å². The predicted octanol–water partition coefficient (Wildman–Crippen LogP) is 4.45. The van der Waals surface area contributed by atoms with E-state index in [1.54, 1.807) is 0 Å². The van der Waals surface area contributed by atoms with Crippen molar-refractivity contribution in [2.24, 2.45) is 11.3 Å². The van der Waals surface area contributed by atoms with Crippen LogP contribution in [0, 0.1) is 11.3 Å². The normalized spacial score (nSPS) is 17.7. The van der Waals surface area contributed by atoms with Crippen molar-refractivity contribution in [2.45, 2.75) is 51.8 Å². The van der Waals surface area contributed by atoms with E-state index < -0.39 is 29.3 Å². The van der Waals surface area contributed by atoms with E-state index in [-0.39, 0.29) is 32.3 Å². The summed E-state index contributed by atoms with van der Waals surface area (Å²) in [5.41, 5.74) is -1.36. The first kappa shape index (κ1) is 18.5. The van der Waals surface area contributed by atoms with Gasteiger partial charge in [-0.1, -0.05) is 43.7 Å². The first-order valence-electron chi connectivity index (χ1n) is 8.07. The average molecular weight is 342 g/mol. The van der Waals surface area contributed by atoms with Crippen molar-refractivity contribution in [3.63, 3.8) is 0 Å². The second-order valence-corrected chi connectivity index (χ2v) is 6.38. The molecule has 24 heavy (non-hydrogen) atoms. The number of ether oxygens (including phenoxy) is 1. The van der Waals surface area contributed by atoms with Gasteiger partial charge in [0.15, 0.2) is 5.78 Å². The SMILES string of the molecule is CC(CCC(=O)OCc1ccccc1)C(=O)C1(C(F)(F)F)CCC1. The lowest BCUT2D eigenvalue weighted by Gasteiger charge is -2.43. The van der Waals surface area contributed by atoms with Gasteiger partial charge in [0.05, 0.1) is 0 Å². The minimum Gasteiger partial charge on any atom is -0.461 e. The van der Waals surface area contributed by atoms with Crippen LogP contribution in [0.25, 0.3) is 0 Å². The molecule has 0 aliphatic heterocycles. The highest BCUT2D eigenvalue weighted by Gasteiger charge is 2.63.